The molecule has 3 aliphatic heterocycles. The number of aliphatic imine (C=N–C) groups is 1. The maximum atomic E-state index is 13.6. The van der Waals surface area contributed by atoms with E-state index in [2.05, 4.69) is 0 Å². The second-order valence-electron chi connectivity index (χ2n) is 7.65. The van der Waals surface area contributed by atoms with E-state index in [4.69, 9.17) is 28.7 Å². The van der Waals surface area contributed by atoms with Crippen LogP contribution in [0.3, 0.4) is 0 Å². The lowest BCUT2D eigenvalue weighted by atomic mass is 10.2. The van der Waals surface area contributed by atoms with E-state index in [1.54, 1.807) is 54.6 Å². The Hall–Kier alpha value is -4.31. The number of aromatic hydroxyl groups is 1. The van der Waals surface area contributed by atoms with E-state index < -0.39 is 0 Å². The fourth-order valence-electron chi connectivity index (χ4n) is 3.80. The summed E-state index contributed by atoms with van der Waals surface area (Å²) in [6, 6.07) is 15.5. The van der Waals surface area contributed by atoms with Crippen LogP contribution in [0.2, 0.25) is 0 Å². The summed E-state index contributed by atoms with van der Waals surface area (Å²) in [6.45, 7) is 0.294. The molecule has 0 bridgehead atoms. The fourth-order valence-corrected chi connectivity index (χ4v) is 4.80. The highest BCUT2D eigenvalue weighted by Crippen LogP contribution is 2.43. The number of phenols is 1. The Balaban J connectivity index is 1.42. The van der Waals surface area contributed by atoms with E-state index in [1.807, 2.05) is 0 Å². The van der Waals surface area contributed by atoms with Gasteiger partial charge < -0.3 is 28.8 Å². The smallest absolute Gasteiger partial charge is 0.271 e. The molecule has 176 valence electrons. The van der Waals surface area contributed by atoms with E-state index >= 15 is 0 Å². The summed E-state index contributed by atoms with van der Waals surface area (Å²) in [5.74, 6) is 2.52. The highest BCUT2D eigenvalue weighted by Gasteiger charge is 2.36. The normalized spacial score (nSPS) is 18.1. The zero-order valence-electron chi connectivity index (χ0n) is 18.4. The molecule has 6 rings (SSSR count). The molecule has 3 aliphatic rings. The maximum absolute atomic E-state index is 13.6. The number of benzene rings is 3. The first-order valence-corrected chi connectivity index (χ1v) is 11.4. The Morgan fingerprint density at radius 2 is 1.66 bits per heavy atom. The Morgan fingerprint density at radius 3 is 2.43 bits per heavy atom. The number of methoxy groups -OCH3 is 1. The van der Waals surface area contributed by atoms with Gasteiger partial charge in [-0.1, -0.05) is 6.07 Å². The van der Waals surface area contributed by atoms with Gasteiger partial charge >= 0.3 is 0 Å². The van der Waals surface area contributed by atoms with Crippen molar-refractivity contribution in [3.05, 3.63) is 65.1 Å². The van der Waals surface area contributed by atoms with E-state index in [1.165, 1.54) is 29.8 Å². The molecule has 1 N–H and O–H groups in total. The third kappa shape index (κ3) is 3.87. The van der Waals surface area contributed by atoms with Crippen LogP contribution in [0.1, 0.15) is 5.56 Å². The molecule has 3 aromatic carbocycles. The summed E-state index contributed by atoms with van der Waals surface area (Å²) in [5.41, 5.74) is 1.91. The van der Waals surface area contributed by atoms with Crippen molar-refractivity contribution in [1.82, 2.24) is 0 Å². The summed E-state index contributed by atoms with van der Waals surface area (Å²) >= 11 is 1.24. The molecule has 0 radical (unpaired) electrons. The maximum Gasteiger partial charge on any atom is 0.271 e. The summed E-state index contributed by atoms with van der Waals surface area (Å²) < 4.78 is 27.0. The number of carbonyl (C=O) groups is 1. The van der Waals surface area contributed by atoms with Crippen LogP contribution in [0.25, 0.3) is 6.08 Å². The van der Waals surface area contributed by atoms with Crippen LogP contribution >= 0.6 is 11.8 Å². The van der Waals surface area contributed by atoms with E-state index in [0.717, 1.165) is 0 Å². The van der Waals surface area contributed by atoms with Crippen LogP contribution in [-0.2, 0) is 4.79 Å². The predicted molar refractivity (Wildman–Crippen MR) is 130 cm³/mol. The lowest BCUT2D eigenvalue weighted by Gasteiger charge is -2.16. The Morgan fingerprint density at radius 1 is 0.943 bits per heavy atom. The van der Waals surface area contributed by atoms with Crippen LogP contribution in [0.5, 0.6) is 34.5 Å². The molecule has 3 heterocycles. The average Bonchev–Trinajstić information content (AvgIpc) is 3.59. The second-order valence-corrected chi connectivity index (χ2v) is 8.66. The number of ether oxygens (including phenoxy) is 5. The molecule has 0 unspecified atom stereocenters. The lowest BCUT2D eigenvalue weighted by molar-refractivity contribution is -0.113. The molecule has 3 aromatic rings. The van der Waals surface area contributed by atoms with Crippen LogP contribution in [-0.4, -0.2) is 36.9 Å². The molecule has 0 spiro atoms. The highest BCUT2D eigenvalue weighted by atomic mass is 32.2. The minimum Gasteiger partial charge on any atom is -0.504 e. The molecular weight excluding hydrogens is 472 g/mol. The van der Waals surface area contributed by atoms with Gasteiger partial charge in [-0.25, -0.2) is 4.99 Å². The van der Waals surface area contributed by atoms with Gasteiger partial charge in [-0.05, 0) is 59.8 Å². The van der Waals surface area contributed by atoms with Gasteiger partial charge in [0.05, 0.1) is 23.4 Å². The summed E-state index contributed by atoms with van der Waals surface area (Å²) in [5, 5.41) is 10.4. The molecule has 9 nitrogen and oxygen atoms in total. The number of nitrogens with zero attached hydrogens (tertiary/aromatic N) is 2. The first-order chi connectivity index (χ1) is 17.1. The number of carbonyl (C=O) groups excluding carboxylic acids is 1. The molecular formula is C25H18N2O7S. The molecule has 1 fully saturated rings. The quantitative estimate of drug-likeness (QED) is 0.527. The minimum atomic E-state index is -0.250. The number of amidine groups is 1. The van der Waals surface area contributed by atoms with Gasteiger partial charge in [0.1, 0.15) is 0 Å². The lowest BCUT2D eigenvalue weighted by Crippen LogP contribution is -2.28. The van der Waals surface area contributed by atoms with E-state index in [-0.39, 0.29) is 25.2 Å². The molecule has 10 heteroatoms. The van der Waals surface area contributed by atoms with Gasteiger partial charge in [-0.2, -0.15) is 0 Å². The number of fused-ring (bicyclic) bond motifs is 2. The standard InChI is InChI=1S/C25H18N2O7S/c1-30-20-8-14(2-5-17(20)28)9-23-24(29)27(16-4-7-19-22(11-16)34-13-32-19)25(35-23)26-15-3-6-18-21(10-15)33-12-31-18/h2-11,28H,12-13H2,1H3. The van der Waals surface area contributed by atoms with Crippen LogP contribution in [0.4, 0.5) is 11.4 Å². The Bertz CT molecular complexity index is 1420. The monoisotopic (exact) mass is 490 g/mol. The summed E-state index contributed by atoms with van der Waals surface area (Å²) in [4.78, 5) is 20.3. The summed E-state index contributed by atoms with van der Waals surface area (Å²) in [7, 11) is 1.47. The number of thioether (sulfide) groups is 1. The molecule has 35 heavy (non-hydrogen) atoms. The fraction of sp³-hybridized carbons (Fsp3) is 0.120. The Labute approximate surface area is 204 Å². The largest absolute Gasteiger partial charge is 0.504 e. The number of phenolic OH excluding ortho intramolecular Hbond substituents is 1. The van der Waals surface area contributed by atoms with Gasteiger partial charge in [0.15, 0.2) is 39.7 Å². The first-order valence-electron chi connectivity index (χ1n) is 10.6. The summed E-state index contributed by atoms with van der Waals surface area (Å²) in [6.07, 6.45) is 1.73. The molecule has 0 atom stereocenters. The zero-order chi connectivity index (χ0) is 23.9. The van der Waals surface area contributed by atoms with Crippen LogP contribution < -0.4 is 28.6 Å². The third-order valence-electron chi connectivity index (χ3n) is 5.50. The van der Waals surface area contributed by atoms with Gasteiger partial charge in [-0.15, -0.1) is 0 Å². The molecule has 0 aromatic heterocycles. The molecule has 0 saturated carbocycles. The van der Waals surface area contributed by atoms with Crippen molar-refractivity contribution in [2.24, 2.45) is 4.99 Å². The van der Waals surface area contributed by atoms with Crippen molar-refractivity contribution < 1.29 is 33.6 Å². The SMILES string of the molecule is COc1cc(C=C2SC(=Nc3ccc4c(c3)OCO4)N(c3ccc4c(c3)OCO4)C2=O)ccc1O. The minimum absolute atomic E-state index is 0.0205. The first kappa shape index (κ1) is 21.2. The number of hydrogen-bond acceptors (Lipinski definition) is 9. The van der Waals surface area contributed by atoms with Gasteiger partial charge in [0, 0.05) is 12.1 Å². The molecule has 1 amide bonds. The van der Waals surface area contributed by atoms with Crippen molar-refractivity contribution in [1.29, 1.82) is 0 Å². The van der Waals surface area contributed by atoms with Gasteiger partial charge in [-0.3, -0.25) is 9.69 Å². The van der Waals surface area contributed by atoms with Crippen molar-refractivity contribution in [3.8, 4) is 34.5 Å². The van der Waals surface area contributed by atoms with Crippen molar-refractivity contribution in [2.45, 2.75) is 0 Å². The Kier molecular flexibility index (Phi) is 5.14. The number of anilines is 1. The van der Waals surface area contributed by atoms with Crippen LogP contribution in [0, 0.1) is 0 Å². The van der Waals surface area contributed by atoms with E-state index in [0.29, 0.717) is 55.8 Å². The average molecular weight is 490 g/mol. The molecule has 1 saturated heterocycles. The van der Waals surface area contributed by atoms with Gasteiger partial charge in [0.2, 0.25) is 13.6 Å². The second kappa shape index (κ2) is 8.48. The highest BCUT2D eigenvalue weighted by molar-refractivity contribution is 8.19. The zero-order valence-corrected chi connectivity index (χ0v) is 19.2. The number of amides is 1. The van der Waals surface area contributed by atoms with Gasteiger partial charge in [0.25, 0.3) is 5.91 Å². The molecule has 0 aliphatic carbocycles. The number of rotatable bonds is 4. The topological polar surface area (TPSA) is 99.0 Å². The van der Waals surface area contributed by atoms with Crippen molar-refractivity contribution in [3.63, 3.8) is 0 Å². The third-order valence-corrected chi connectivity index (χ3v) is 6.47. The van der Waals surface area contributed by atoms with Crippen molar-refractivity contribution in [2.75, 3.05) is 25.6 Å². The predicted octanol–water partition coefficient (Wildman–Crippen LogP) is 4.67. The van der Waals surface area contributed by atoms with Crippen LogP contribution in [0.15, 0.2) is 64.5 Å². The number of hydrogen-bond donors (Lipinski definition) is 1. The van der Waals surface area contributed by atoms with E-state index in [9.17, 15) is 9.90 Å². The van der Waals surface area contributed by atoms with Crippen molar-refractivity contribution >= 4 is 40.3 Å².